The molecule has 1 aliphatic rings. The first-order valence-corrected chi connectivity index (χ1v) is 11.3. The van der Waals surface area contributed by atoms with E-state index in [1.165, 1.54) is 11.3 Å². The molecule has 10 heteroatoms. The van der Waals surface area contributed by atoms with Gasteiger partial charge in [-0.25, -0.2) is 14.8 Å². The minimum absolute atomic E-state index is 0.177. The van der Waals surface area contributed by atoms with Gasteiger partial charge in [0.05, 0.1) is 24.1 Å². The fourth-order valence-electron chi connectivity index (χ4n) is 3.46. The van der Waals surface area contributed by atoms with E-state index in [0.717, 1.165) is 11.4 Å². The topological polar surface area (TPSA) is 121 Å². The molecule has 0 atom stereocenters. The molecular formula is C22H25N5O4S. The number of carbonyl (C=O) groups excluding carboxylic acids is 1. The van der Waals surface area contributed by atoms with Crippen LogP contribution in [0.25, 0.3) is 11.3 Å². The Kier molecular flexibility index (Phi) is 6.52. The number of benzene rings is 1. The molecule has 9 nitrogen and oxygen atoms in total. The molecule has 4 rings (SSSR count). The van der Waals surface area contributed by atoms with Gasteiger partial charge in [-0.05, 0) is 51.0 Å². The zero-order chi connectivity index (χ0) is 22.7. The van der Waals surface area contributed by atoms with E-state index in [1.54, 1.807) is 38.1 Å². The summed E-state index contributed by atoms with van der Waals surface area (Å²) in [6.45, 7) is 5.19. The molecule has 1 fully saturated rings. The van der Waals surface area contributed by atoms with Gasteiger partial charge in [0, 0.05) is 24.7 Å². The lowest BCUT2D eigenvalue weighted by Gasteiger charge is -2.30. The van der Waals surface area contributed by atoms with Gasteiger partial charge < -0.3 is 19.8 Å². The molecule has 3 N–H and O–H groups in total. The maximum Gasteiger partial charge on any atom is 0.350 e. The number of hydrogen-bond acceptors (Lipinski definition) is 10. The third-order valence-corrected chi connectivity index (χ3v) is 6.19. The standard InChI is InChI=1S/C22H25N5O4S/c1-3-31-20(30)19-13(2)23-22(32-19)26-21-24-17(14-4-6-15(28)7-5-14)12-18(25-21)27-10-8-16(29)9-11-27/h4-7,12,16,28-29H,3,8-11H2,1-2H3,(H,23,24,25,26). The van der Waals surface area contributed by atoms with Gasteiger partial charge in [0.25, 0.3) is 0 Å². The first kappa shape index (κ1) is 22.0. The Bertz CT molecular complexity index is 1090. The summed E-state index contributed by atoms with van der Waals surface area (Å²) in [6.07, 6.45) is 1.06. The summed E-state index contributed by atoms with van der Waals surface area (Å²) in [4.78, 5) is 28.4. The van der Waals surface area contributed by atoms with Crippen LogP contribution < -0.4 is 10.2 Å². The van der Waals surface area contributed by atoms with Crippen molar-refractivity contribution in [2.24, 2.45) is 0 Å². The van der Waals surface area contributed by atoms with Crippen LogP contribution in [-0.2, 0) is 4.74 Å². The Labute approximate surface area is 189 Å². The lowest BCUT2D eigenvalue weighted by atomic mass is 10.1. The van der Waals surface area contributed by atoms with Gasteiger partial charge in [-0.3, -0.25) is 5.32 Å². The van der Waals surface area contributed by atoms with Crippen LogP contribution in [0.3, 0.4) is 0 Å². The third-order valence-electron chi connectivity index (χ3n) is 5.14. The van der Waals surface area contributed by atoms with Gasteiger partial charge in [0.15, 0.2) is 5.13 Å². The number of phenols is 1. The van der Waals surface area contributed by atoms with Crippen LogP contribution >= 0.6 is 11.3 Å². The Morgan fingerprint density at radius 1 is 1.22 bits per heavy atom. The lowest BCUT2D eigenvalue weighted by molar-refractivity contribution is 0.0531. The number of aliphatic hydroxyl groups excluding tert-OH is 1. The lowest BCUT2D eigenvalue weighted by Crippen LogP contribution is -2.36. The first-order valence-electron chi connectivity index (χ1n) is 10.5. The van der Waals surface area contributed by atoms with Crippen molar-refractivity contribution >= 4 is 34.2 Å². The van der Waals surface area contributed by atoms with E-state index in [-0.39, 0.29) is 11.9 Å². The molecule has 0 aliphatic carbocycles. The average Bonchev–Trinajstić information content (AvgIpc) is 3.14. The molecule has 0 amide bonds. The molecule has 0 unspecified atom stereocenters. The molecule has 1 aliphatic heterocycles. The fraction of sp³-hybridized carbons (Fsp3) is 0.364. The van der Waals surface area contributed by atoms with Crippen LogP contribution in [0.4, 0.5) is 16.9 Å². The Morgan fingerprint density at radius 3 is 2.62 bits per heavy atom. The van der Waals surface area contributed by atoms with Crippen LogP contribution in [0.2, 0.25) is 0 Å². The van der Waals surface area contributed by atoms with E-state index in [2.05, 4.69) is 25.2 Å². The third kappa shape index (κ3) is 4.97. The molecule has 0 spiro atoms. The molecule has 3 heterocycles. The zero-order valence-corrected chi connectivity index (χ0v) is 18.7. The summed E-state index contributed by atoms with van der Waals surface area (Å²) < 4.78 is 5.09. The Hall–Kier alpha value is -3.24. The van der Waals surface area contributed by atoms with E-state index < -0.39 is 5.97 Å². The number of nitrogens with one attached hydrogen (secondary N) is 1. The van der Waals surface area contributed by atoms with Crippen LogP contribution in [0.15, 0.2) is 30.3 Å². The van der Waals surface area contributed by atoms with E-state index in [4.69, 9.17) is 4.74 Å². The highest BCUT2D eigenvalue weighted by atomic mass is 32.1. The summed E-state index contributed by atoms with van der Waals surface area (Å²) in [7, 11) is 0. The molecule has 1 saturated heterocycles. The molecule has 1 aromatic carbocycles. The quantitative estimate of drug-likeness (QED) is 0.480. The first-order chi connectivity index (χ1) is 15.4. The van der Waals surface area contributed by atoms with E-state index in [9.17, 15) is 15.0 Å². The molecular weight excluding hydrogens is 430 g/mol. The second-order valence-electron chi connectivity index (χ2n) is 7.48. The van der Waals surface area contributed by atoms with Gasteiger partial charge in [-0.2, -0.15) is 4.98 Å². The number of esters is 1. The number of anilines is 3. The zero-order valence-electron chi connectivity index (χ0n) is 17.9. The molecule has 2 aromatic heterocycles. The highest BCUT2D eigenvalue weighted by molar-refractivity contribution is 7.17. The largest absolute Gasteiger partial charge is 0.508 e. The number of aromatic hydroxyl groups is 1. The van der Waals surface area contributed by atoms with Crippen LogP contribution in [0.1, 0.15) is 35.1 Å². The second kappa shape index (κ2) is 9.49. The predicted octanol–water partition coefficient (Wildman–Crippen LogP) is 3.50. The number of phenolic OH excluding ortho intramolecular Hbond substituents is 1. The van der Waals surface area contributed by atoms with Crippen LogP contribution in [-0.4, -0.2) is 56.9 Å². The van der Waals surface area contributed by atoms with Crippen molar-refractivity contribution in [2.45, 2.75) is 32.8 Å². The SMILES string of the molecule is CCOC(=O)c1sc(Nc2nc(-c3ccc(O)cc3)cc(N3CCC(O)CC3)n2)nc1C. The molecule has 0 bridgehead atoms. The average molecular weight is 456 g/mol. The van der Waals surface area contributed by atoms with E-state index >= 15 is 0 Å². The minimum Gasteiger partial charge on any atom is -0.508 e. The van der Waals surface area contributed by atoms with Crippen molar-refractivity contribution in [3.8, 4) is 17.0 Å². The van der Waals surface area contributed by atoms with Crippen molar-refractivity contribution in [1.29, 1.82) is 0 Å². The maximum absolute atomic E-state index is 12.1. The molecule has 32 heavy (non-hydrogen) atoms. The Morgan fingerprint density at radius 2 is 1.94 bits per heavy atom. The van der Waals surface area contributed by atoms with E-state index in [1.807, 2.05) is 6.07 Å². The van der Waals surface area contributed by atoms with Gasteiger partial charge in [0.1, 0.15) is 16.4 Å². The highest BCUT2D eigenvalue weighted by Crippen LogP contribution is 2.30. The van der Waals surface area contributed by atoms with Crippen molar-refractivity contribution in [2.75, 3.05) is 29.9 Å². The number of aliphatic hydroxyl groups is 1. The molecule has 168 valence electrons. The van der Waals surface area contributed by atoms with E-state index in [0.29, 0.717) is 59.9 Å². The van der Waals surface area contributed by atoms with Crippen molar-refractivity contribution in [1.82, 2.24) is 15.0 Å². The van der Waals surface area contributed by atoms with Crippen LogP contribution in [0.5, 0.6) is 5.75 Å². The smallest absolute Gasteiger partial charge is 0.350 e. The fourth-order valence-corrected chi connectivity index (χ4v) is 4.31. The number of thiazole rings is 1. The monoisotopic (exact) mass is 455 g/mol. The van der Waals surface area contributed by atoms with Gasteiger partial charge in [-0.15, -0.1) is 0 Å². The molecule has 3 aromatic rings. The minimum atomic E-state index is -0.401. The Balaban J connectivity index is 1.67. The number of carbonyl (C=O) groups is 1. The molecule has 0 radical (unpaired) electrons. The predicted molar refractivity (Wildman–Crippen MR) is 123 cm³/mol. The van der Waals surface area contributed by atoms with Crippen molar-refractivity contribution in [3.63, 3.8) is 0 Å². The summed E-state index contributed by atoms with van der Waals surface area (Å²) in [5.41, 5.74) is 2.09. The number of rotatable bonds is 6. The normalized spacial score (nSPS) is 14.4. The number of ether oxygens (including phenoxy) is 1. The van der Waals surface area contributed by atoms with Crippen molar-refractivity contribution < 1.29 is 19.7 Å². The van der Waals surface area contributed by atoms with Gasteiger partial charge >= 0.3 is 5.97 Å². The molecule has 0 saturated carbocycles. The number of aromatic nitrogens is 3. The summed E-state index contributed by atoms with van der Waals surface area (Å²) in [5.74, 6) is 0.857. The number of aryl methyl sites for hydroxylation is 1. The summed E-state index contributed by atoms with van der Waals surface area (Å²) in [6, 6.07) is 8.69. The number of nitrogens with zero attached hydrogens (tertiary/aromatic N) is 4. The highest BCUT2D eigenvalue weighted by Gasteiger charge is 2.21. The summed E-state index contributed by atoms with van der Waals surface area (Å²) >= 11 is 1.19. The number of hydrogen-bond donors (Lipinski definition) is 3. The van der Waals surface area contributed by atoms with Crippen molar-refractivity contribution in [3.05, 3.63) is 40.9 Å². The van der Waals surface area contributed by atoms with Gasteiger partial charge in [-0.1, -0.05) is 11.3 Å². The maximum atomic E-state index is 12.1. The summed E-state index contributed by atoms with van der Waals surface area (Å²) in [5, 5.41) is 23.1. The number of piperidine rings is 1. The second-order valence-corrected chi connectivity index (χ2v) is 8.48. The van der Waals surface area contributed by atoms with Gasteiger partial charge in [0.2, 0.25) is 5.95 Å². The van der Waals surface area contributed by atoms with Crippen LogP contribution in [0, 0.1) is 6.92 Å².